The smallest absolute Gasteiger partial charge is 0.326 e. The molecule has 1 aliphatic heterocycles. The van der Waals surface area contributed by atoms with Gasteiger partial charge in [-0.25, -0.2) is 4.79 Å². The first-order valence-electron chi connectivity index (χ1n) is 9.16. The highest BCUT2D eigenvalue weighted by atomic mass is 16.5. The van der Waals surface area contributed by atoms with E-state index in [0.717, 1.165) is 10.5 Å². The Balaban J connectivity index is 1.98. The van der Waals surface area contributed by atoms with E-state index < -0.39 is 48.0 Å². The summed E-state index contributed by atoms with van der Waals surface area (Å²) < 4.78 is 4.92. The molecule has 0 unspecified atom stereocenters. The minimum absolute atomic E-state index is 0.413. The molecule has 0 saturated carbocycles. The van der Waals surface area contributed by atoms with Gasteiger partial charge in [0.15, 0.2) is 6.61 Å². The Labute approximate surface area is 164 Å². The molecule has 4 amide bonds. The minimum Gasteiger partial charge on any atom is -0.454 e. The quantitative estimate of drug-likeness (QED) is 0.545. The molecule has 0 aromatic heterocycles. The predicted molar refractivity (Wildman–Crippen MR) is 102 cm³/mol. The van der Waals surface area contributed by atoms with E-state index in [4.69, 9.17) is 4.74 Å². The molecule has 28 heavy (non-hydrogen) atoms. The van der Waals surface area contributed by atoms with Gasteiger partial charge in [-0.3, -0.25) is 19.3 Å². The molecule has 1 aromatic rings. The number of benzene rings is 1. The number of ether oxygens (including phenoxy) is 1. The van der Waals surface area contributed by atoms with E-state index >= 15 is 0 Å². The van der Waals surface area contributed by atoms with Crippen molar-refractivity contribution in [3.63, 3.8) is 0 Å². The van der Waals surface area contributed by atoms with Gasteiger partial charge in [-0.05, 0) is 39.7 Å². The monoisotopic (exact) mass is 389 g/mol. The van der Waals surface area contributed by atoms with Crippen LogP contribution in [-0.4, -0.2) is 47.4 Å². The maximum absolute atomic E-state index is 12.8. The second-order valence-corrected chi connectivity index (χ2v) is 7.76. The summed E-state index contributed by atoms with van der Waals surface area (Å²) in [5.74, 6) is -1.82. The Hall–Kier alpha value is -2.90. The fourth-order valence-corrected chi connectivity index (χ4v) is 2.75. The number of nitrogens with zero attached hydrogens (tertiary/aromatic N) is 1. The van der Waals surface area contributed by atoms with Crippen molar-refractivity contribution in [1.29, 1.82) is 0 Å². The van der Waals surface area contributed by atoms with E-state index in [2.05, 4.69) is 10.6 Å². The molecular formula is C20H27N3O5. The van der Waals surface area contributed by atoms with Crippen molar-refractivity contribution >= 4 is 23.8 Å². The number of urea groups is 1. The lowest BCUT2D eigenvalue weighted by Gasteiger charge is -2.24. The molecule has 2 rings (SSSR count). The predicted octanol–water partition coefficient (Wildman–Crippen LogP) is 1.61. The zero-order valence-electron chi connectivity index (χ0n) is 16.9. The molecule has 0 aliphatic carbocycles. The van der Waals surface area contributed by atoms with Crippen LogP contribution in [0.3, 0.4) is 0 Å². The van der Waals surface area contributed by atoms with Gasteiger partial charge in [-0.15, -0.1) is 0 Å². The van der Waals surface area contributed by atoms with Crippen molar-refractivity contribution in [1.82, 2.24) is 15.5 Å². The Morgan fingerprint density at radius 3 is 2.39 bits per heavy atom. The number of carbonyl (C=O) groups excluding carboxylic acids is 4. The van der Waals surface area contributed by atoms with Gasteiger partial charge in [0.1, 0.15) is 12.1 Å². The van der Waals surface area contributed by atoms with Gasteiger partial charge < -0.3 is 15.4 Å². The third-order valence-corrected chi connectivity index (χ3v) is 4.92. The summed E-state index contributed by atoms with van der Waals surface area (Å²) in [5, 5.41) is 5.36. The number of hydrogen-bond donors (Lipinski definition) is 2. The Bertz CT molecular complexity index is 788. The van der Waals surface area contributed by atoms with Crippen LogP contribution in [0.25, 0.3) is 0 Å². The lowest BCUT2D eigenvalue weighted by Crippen LogP contribution is -2.45. The highest BCUT2D eigenvalue weighted by Gasteiger charge is 2.49. The average Bonchev–Trinajstić information content (AvgIpc) is 2.84. The van der Waals surface area contributed by atoms with Gasteiger partial charge in [0.2, 0.25) is 0 Å². The largest absolute Gasteiger partial charge is 0.454 e. The molecule has 1 aromatic carbocycles. The first-order valence-corrected chi connectivity index (χ1v) is 9.16. The topological polar surface area (TPSA) is 105 Å². The molecular weight excluding hydrogens is 362 g/mol. The zero-order valence-corrected chi connectivity index (χ0v) is 16.9. The van der Waals surface area contributed by atoms with Crippen LogP contribution in [0.5, 0.6) is 0 Å². The van der Waals surface area contributed by atoms with Gasteiger partial charge in [0.05, 0.1) is 0 Å². The number of nitrogens with one attached hydrogen (secondary N) is 2. The Morgan fingerprint density at radius 2 is 1.82 bits per heavy atom. The minimum atomic E-state index is -1.26. The Morgan fingerprint density at radius 1 is 1.21 bits per heavy atom. The zero-order chi connectivity index (χ0) is 21.1. The van der Waals surface area contributed by atoms with E-state index in [9.17, 15) is 19.2 Å². The number of rotatable bonds is 7. The number of esters is 1. The first kappa shape index (κ1) is 21.4. The SMILES string of the molecule is CCC(C)(C)NC(=O)COC(=O)CN1C(=O)N[C@](C)(c2ccc(C)cc2)C1=O. The summed E-state index contributed by atoms with van der Waals surface area (Å²) in [6.45, 7) is 8.11. The summed E-state index contributed by atoms with van der Waals surface area (Å²) in [5.41, 5.74) is -0.0276. The number of amides is 4. The van der Waals surface area contributed by atoms with Gasteiger partial charge >= 0.3 is 12.0 Å². The van der Waals surface area contributed by atoms with E-state index in [1.165, 1.54) is 0 Å². The fraction of sp³-hybridized carbons (Fsp3) is 0.500. The number of imide groups is 1. The summed E-state index contributed by atoms with van der Waals surface area (Å²) >= 11 is 0. The van der Waals surface area contributed by atoms with Crippen molar-refractivity contribution in [3.05, 3.63) is 35.4 Å². The van der Waals surface area contributed by atoms with E-state index in [1.54, 1.807) is 19.1 Å². The molecule has 152 valence electrons. The molecule has 8 heteroatoms. The number of carbonyl (C=O) groups is 4. The van der Waals surface area contributed by atoms with E-state index in [1.807, 2.05) is 39.8 Å². The van der Waals surface area contributed by atoms with Crippen LogP contribution in [0.2, 0.25) is 0 Å². The summed E-state index contributed by atoms with van der Waals surface area (Å²) in [7, 11) is 0. The van der Waals surface area contributed by atoms with Crippen molar-refractivity contribution in [3.8, 4) is 0 Å². The molecule has 0 bridgehead atoms. The first-order chi connectivity index (χ1) is 13.0. The maximum atomic E-state index is 12.8. The molecule has 1 atom stereocenters. The van der Waals surface area contributed by atoms with Crippen LogP contribution in [-0.2, 0) is 24.7 Å². The van der Waals surface area contributed by atoms with Crippen molar-refractivity contribution < 1.29 is 23.9 Å². The average molecular weight is 389 g/mol. The van der Waals surface area contributed by atoms with E-state index in [-0.39, 0.29) is 0 Å². The van der Waals surface area contributed by atoms with Crippen LogP contribution in [0, 0.1) is 6.92 Å². The lowest BCUT2D eigenvalue weighted by atomic mass is 9.91. The second kappa shape index (κ2) is 8.00. The van der Waals surface area contributed by atoms with Crippen LogP contribution < -0.4 is 10.6 Å². The van der Waals surface area contributed by atoms with Crippen molar-refractivity contribution in [2.75, 3.05) is 13.2 Å². The van der Waals surface area contributed by atoms with Gasteiger partial charge in [-0.2, -0.15) is 0 Å². The molecule has 1 aliphatic rings. The standard InChI is InChI=1S/C20H27N3O5/c1-6-19(3,4)21-15(24)12-28-16(25)11-23-17(26)20(5,22-18(23)27)14-9-7-13(2)8-10-14/h7-10H,6,11-12H2,1-5H3,(H,21,24)(H,22,27)/t20-/m1/s1. The van der Waals surface area contributed by atoms with Crippen LogP contribution in [0.4, 0.5) is 4.79 Å². The van der Waals surface area contributed by atoms with Crippen LogP contribution >= 0.6 is 0 Å². The van der Waals surface area contributed by atoms with Gasteiger partial charge in [0.25, 0.3) is 11.8 Å². The highest BCUT2D eigenvalue weighted by molar-refractivity contribution is 6.08. The summed E-state index contributed by atoms with van der Waals surface area (Å²) in [6.07, 6.45) is 0.715. The van der Waals surface area contributed by atoms with Gasteiger partial charge in [0, 0.05) is 5.54 Å². The highest BCUT2D eigenvalue weighted by Crippen LogP contribution is 2.28. The Kier molecular flexibility index (Phi) is 6.11. The van der Waals surface area contributed by atoms with Crippen LogP contribution in [0.1, 0.15) is 45.2 Å². The fourth-order valence-electron chi connectivity index (χ4n) is 2.75. The molecule has 1 fully saturated rings. The third kappa shape index (κ3) is 4.68. The summed E-state index contributed by atoms with van der Waals surface area (Å²) in [4.78, 5) is 49.7. The normalized spacial score (nSPS) is 19.4. The third-order valence-electron chi connectivity index (χ3n) is 4.92. The molecule has 8 nitrogen and oxygen atoms in total. The number of aryl methyl sites for hydroxylation is 1. The molecule has 0 radical (unpaired) electrons. The van der Waals surface area contributed by atoms with Gasteiger partial charge in [-0.1, -0.05) is 36.8 Å². The molecule has 0 spiro atoms. The second-order valence-electron chi connectivity index (χ2n) is 7.76. The number of hydrogen-bond acceptors (Lipinski definition) is 5. The molecule has 1 heterocycles. The molecule has 1 saturated heterocycles. The maximum Gasteiger partial charge on any atom is 0.326 e. The lowest BCUT2D eigenvalue weighted by molar-refractivity contribution is -0.151. The van der Waals surface area contributed by atoms with E-state index in [0.29, 0.717) is 12.0 Å². The molecule has 2 N–H and O–H groups in total. The van der Waals surface area contributed by atoms with Crippen molar-refractivity contribution in [2.24, 2.45) is 0 Å². The van der Waals surface area contributed by atoms with Crippen molar-refractivity contribution in [2.45, 2.75) is 52.1 Å². The van der Waals surface area contributed by atoms with Crippen LogP contribution in [0.15, 0.2) is 24.3 Å². The summed E-state index contributed by atoms with van der Waals surface area (Å²) in [6, 6.07) is 6.52.